The van der Waals surface area contributed by atoms with E-state index in [4.69, 9.17) is 5.73 Å². The molecule has 2 heteroatoms. The number of anilines is 2. The molecule has 2 nitrogen and oxygen atoms in total. The van der Waals surface area contributed by atoms with Crippen LogP contribution in [0.2, 0.25) is 0 Å². The van der Waals surface area contributed by atoms with Crippen molar-refractivity contribution in [2.24, 2.45) is 11.8 Å². The summed E-state index contributed by atoms with van der Waals surface area (Å²) in [6.07, 6.45) is 5.65. The zero-order valence-corrected chi connectivity index (χ0v) is 9.87. The van der Waals surface area contributed by atoms with Crippen LogP contribution in [0.4, 0.5) is 11.4 Å². The highest BCUT2D eigenvalue weighted by atomic mass is 15.0. The van der Waals surface area contributed by atoms with Crippen LogP contribution in [0, 0.1) is 18.8 Å². The molecule has 16 heavy (non-hydrogen) atoms. The van der Waals surface area contributed by atoms with Gasteiger partial charge in [-0.15, -0.1) is 0 Å². The first kappa shape index (κ1) is 10.0. The Labute approximate surface area is 97.2 Å². The van der Waals surface area contributed by atoms with Gasteiger partial charge in [-0.1, -0.05) is 6.07 Å². The molecule has 0 atom stereocenters. The summed E-state index contributed by atoms with van der Waals surface area (Å²) in [7, 11) is 0. The van der Waals surface area contributed by atoms with E-state index >= 15 is 0 Å². The first-order chi connectivity index (χ1) is 7.74. The Kier molecular flexibility index (Phi) is 2.31. The van der Waals surface area contributed by atoms with Crippen molar-refractivity contribution in [3.05, 3.63) is 23.8 Å². The van der Waals surface area contributed by atoms with Gasteiger partial charge >= 0.3 is 0 Å². The number of benzene rings is 1. The molecule has 0 radical (unpaired) electrons. The molecular weight excluding hydrogens is 196 g/mol. The Bertz CT molecular complexity index is 380. The Morgan fingerprint density at radius 1 is 1.19 bits per heavy atom. The summed E-state index contributed by atoms with van der Waals surface area (Å²) < 4.78 is 0. The maximum absolute atomic E-state index is 5.94. The average Bonchev–Trinajstić information content (AvgIpc) is 3.14. The third-order valence-electron chi connectivity index (χ3n) is 3.87. The Balaban J connectivity index is 1.73. The standard InChI is InChI=1S/C14H20N2/c1-9-2-7-12(8-13(9)15)16-14(10-3-4-10)11-5-6-11/h2,7-8,10-11,14,16H,3-6,15H2,1H3. The zero-order chi connectivity index (χ0) is 11.1. The van der Waals surface area contributed by atoms with E-state index in [1.807, 2.05) is 0 Å². The highest BCUT2D eigenvalue weighted by molar-refractivity contribution is 5.59. The van der Waals surface area contributed by atoms with Gasteiger partial charge in [-0.05, 0) is 62.1 Å². The SMILES string of the molecule is Cc1ccc(NC(C2CC2)C2CC2)cc1N. The van der Waals surface area contributed by atoms with E-state index in [0.29, 0.717) is 6.04 Å². The second-order valence-electron chi connectivity index (χ2n) is 5.42. The lowest BCUT2D eigenvalue weighted by atomic mass is 10.1. The second kappa shape index (κ2) is 3.69. The number of aryl methyl sites for hydroxylation is 1. The summed E-state index contributed by atoms with van der Waals surface area (Å²) in [4.78, 5) is 0. The number of nitrogens with two attached hydrogens (primary N) is 1. The molecule has 0 saturated heterocycles. The minimum atomic E-state index is 0.710. The summed E-state index contributed by atoms with van der Waals surface area (Å²) in [5.41, 5.74) is 9.21. The second-order valence-corrected chi connectivity index (χ2v) is 5.42. The van der Waals surface area contributed by atoms with Gasteiger partial charge in [-0.25, -0.2) is 0 Å². The van der Waals surface area contributed by atoms with Crippen molar-refractivity contribution in [1.82, 2.24) is 0 Å². The van der Waals surface area contributed by atoms with Crippen LogP contribution in [0.3, 0.4) is 0 Å². The highest BCUT2D eigenvalue weighted by Gasteiger charge is 2.41. The minimum absolute atomic E-state index is 0.710. The van der Waals surface area contributed by atoms with Gasteiger partial charge in [0.05, 0.1) is 0 Å². The van der Waals surface area contributed by atoms with Crippen LogP contribution in [0.1, 0.15) is 31.2 Å². The van der Waals surface area contributed by atoms with Gasteiger partial charge in [0.1, 0.15) is 0 Å². The van der Waals surface area contributed by atoms with Crippen LogP contribution in [0.15, 0.2) is 18.2 Å². The Morgan fingerprint density at radius 2 is 1.81 bits per heavy atom. The summed E-state index contributed by atoms with van der Waals surface area (Å²) >= 11 is 0. The molecule has 3 rings (SSSR count). The van der Waals surface area contributed by atoms with Crippen molar-refractivity contribution >= 4 is 11.4 Å². The molecule has 0 spiro atoms. The van der Waals surface area contributed by atoms with E-state index in [1.54, 1.807) is 0 Å². The number of hydrogen-bond donors (Lipinski definition) is 2. The van der Waals surface area contributed by atoms with Crippen LogP contribution in [-0.2, 0) is 0 Å². The van der Waals surface area contributed by atoms with Crippen LogP contribution in [0.5, 0.6) is 0 Å². The van der Waals surface area contributed by atoms with Gasteiger partial charge in [-0.3, -0.25) is 0 Å². The average molecular weight is 216 g/mol. The predicted molar refractivity (Wildman–Crippen MR) is 68.5 cm³/mol. The van der Waals surface area contributed by atoms with Crippen molar-refractivity contribution in [3.8, 4) is 0 Å². The molecule has 0 bridgehead atoms. The molecule has 0 aliphatic heterocycles. The normalized spacial score (nSPS) is 20.1. The fourth-order valence-corrected chi connectivity index (χ4v) is 2.45. The Morgan fingerprint density at radius 3 is 2.31 bits per heavy atom. The molecule has 1 aromatic rings. The lowest BCUT2D eigenvalue weighted by molar-refractivity contribution is 0.568. The molecule has 0 amide bonds. The van der Waals surface area contributed by atoms with Crippen LogP contribution >= 0.6 is 0 Å². The third-order valence-corrected chi connectivity index (χ3v) is 3.87. The monoisotopic (exact) mass is 216 g/mol. The van der Waals surface area contributed by atoms with Gasteiger partial charge in [-0.2, -0.15) is 0 Å². The minimum Gasteiger partial charge on any atom is -0.398 e. The quantitative estimate of drug-likeness (QED) is 0.759. The number of rotatable bonds is 4. The predicted octanol–water partition coefficient (Wildman–Crippen LogP) is 3.18. The number of nitrogen functional groups attached to an aromatic ring is 1. The first-order valence-electron chi connectivity index (χ1n) is 6.37. The summed E-state index contributed by atoms with van der Waals surface area (Å²) in [6.45, 7) is 2.05. The molecule has 2 saturated carbocycles. The molecule has 2 fully saturated rings. The fourth-order valence-electron chi connectivity index (χ4n) is 2.45. The highest BCUT2D eigenvalue weighted by Crippen LogP contribution is 2.45. The van der Waals surface area contributed by atoms with Crippen molar-refractivity contribution < 1.29 is 0 Å². The molecule has 2 aliphatic carbocycles. The smallest absolute Gasteiger partial charge is 0.0364 e. The maximum atomic E-state index is 5.94. The van der Waals surface area contributed by atoms with Gasteiger partial charge in [0.25, 0.3) is 0 Å². The van der Waals surface area contributed by atoms with Crippen molar-refractivity contribution in [2.45, 2.75) is 38.6 Å². The van der Waals surface area contributed by atoms with Gasteiger partial charge < -0.3 is 11.1 Å². The van der Waals surface area contributed by atoms with E-state index in [9.17, 15) is 0 Å². The Hall–Kier alpha value is -1.18. The van der Waals surface area contributed by atoms with Gasteiger partial charge in [0.15, 0.2) is 0 Å². The van der Waals surface area contributed by atoms with Gasteiger partial charge in [0, 0.05) is 17.4 Å². The van der Waals surface area contributed by atoms with E-state index in [-0.39, 0.29) is 0 Å². The van der Waals surface area contributed by atoms with Crippen LogP contribution in [0.25, 0.3) is 0 Å². The molecule has 86 valence electrons. The van der Waals surface area contributed by atoms with E-state index in [2.05, 4.69) is 30.4 Å². The molecule has 0 aromatic heterocycles. The molecule has 1 aromatic carbocycles. The lowest BCUT2D eigenvalue weighted by Crippen LogP contribution is -2.24. The van der Waals surface area contributed by atoms with E-state index in [1.165, 1.54) is 36.9 Å². The first-order valence-corrected chi connectivity index (χ1v) is 6.37. The lowest BCUT2D eigenvalue weighted by Gasteiger charge is -2.19. The summed E-state index contributed by atoms with van der Waals surface area (Å²) in [5, 5.41) is 3.69. The van der Waals surface area contributed by atoms with E-state index < -0.39 is 0 Å². The zero-order valence-electron chi connectivity index (χ0n) is 9.87. The van der Waals surface area contributed by atoms with E-state index in [0.717, 1.165) is 17.5 Å². The van der Waals surface area contributed by atoms with Crippen LogP contribution < -0.4 is 11.1 Å². The summed E-state index contributed by atoms with van der Waals surface area (Å²) in [5.74, 6) is 1.85. The molecule has 2 aliphatic rings. The molecule has 0 unspecified atom stereocenters. The number of nitrogens with one attached hydrogen (secondary N) is 1. The van der Waals surface area contributed by atoms with Crippen molar-refractivity contribution in [2.75, 3.05) is 11.1 Å². The van der Waals surface area contributed by atoms with Crippen LogP contribution in [-0.4, -0.2) is 6.04 Å². The molecular formula is C14H20N2. The maximum Gasteiger partial charge on any atom is 0.0364 e. The van der Waals surface area contributed by atoms with Crippen molar-refractivity contribution in [1.29, 1.82) is 0 Å². The van der Waals surface area contributed by atoms with Gasteiger partial charge in [0.2, 0.25) is 0 Å². The summed E-state index contributed by atoms with van der Waals surface area (Å²) in [6, 6.07) is 7.05. The van der Waals surface area contributed by atoms with Crippen molar-refractivity contribution in [3.63, 3.8) is 0 Å². The fraction of sp³-hybridized carbons (Fsp3) is 0.571. The largest absolute Gasteiger partial charge is 0.398 e. The topological polar surface area (TPSA) is 38.0 Å². The number of hydrogen-bond acceptors (Lipinski definition) is 2. The molecule has 3 N–H and O–H groups in total. The molecule has 0 heterocycles. The third kappa shape index (κ3) is 2.01.